The largest absolute Gasteiger partial charge is 0.324 e. The lowest BCUT2D eigenvalue weighted by atomic mass is 9.75. The second-order valence-electron chi connectivity index (χ2n) is 8.76. The van der Waals surface area contributed by atoms with Gasteiger partial charge in [-0.3, -0.25) is 19.3 Å². The molecule has 2 aromatic carbocycles. The molecule has 3 fully saturated rings. The lowest BCUT2D eigenvalue weighted by molar-refractivity contribution is -0.135. The highest BCUT2D eigenvalue weighted by Crippen LogP contribution is 2.61. The van der Waals surface area contributed by atoms with Crippen molar-refractivity contribution in [2.75, 3.05) is 16.8 Å². The molecule has 8 heteroatoms. The van der Waals surface area contributed by atoms with E-state index in [-0.39, 0.29) is 23.8 Å². The van der Waals surface area contributed by atoms with Gasteiger partial charge in [0.15, 0.2) is 0 Å². The minimum absolute atomic E-state index is 0.158. The Bertz CT molecular complexity index is 1180. The maximum atomic E-state index is 13.8. The summed E-state index contributed by atoms with van der Waals surface area (Å²) in [4.78, 5) is 44.4. The summed E-state index contributed by atoms with van der Waals surface area (Å²) in [6.45, 7) is 2.55. The third kappa shape index (κ3) is 2.25. The number of fused-ring (bicyclic) bond motifs is 7. The lowest BCUT2D eigenvalue weighted by Crippen LogP contribution is -2.54. The van der Waals surface area contributed by atoms with Crippen molar-refractivity contribution in [2.24, 2.45) is 11.8 Å². The molecule has 0 radical (unpaired) electrons. The van der Waals surface area contributed by atoms with Crippen LogP contribution in [0.1, 0.15) is 24.0 Å². The van der Waals surface area contributed by atoms with Gasteiger partial charge in [-0.1, -0.05) is 23.2 Å². The quantitative estimate of drug-likeness (QED) is 0.665. The molecule has 31 heavy (non-hydrogen) atoms. The van der Waals surface area contributed by atoms with E-state index in [0.717, 1.165) is 18.4 Å². The van der Waals surface area contributed by atoms with Gasteiger partial charge in [-0.2, -0.15) is 0 Å². The predicted molar refractivity (Wildman–Crippen MR) is 117 cm³/mol. The van der Waals surface area contributed by atoms with Gasteiger partial charge in [0.25, 0.3) is 0 Å². The van der Waals surface area contributed by atoms with Gasteiger partial charge in [-0.15, -0.1) is 0 Å². The van der Waals surface area contributed by atoms with Gasteiger partial charge in [-0.25, -0.2) is 4.90 Å². The van der Waals surface area contributed by atoms with E-state index in [1.165, 1.54) is 4.90 Å². The number of hydrogen-bond acceptors (Lipinski definition) is 4. The minimum atomic E-state index is -1.22. The van der Waals surface area contributed by atoms with E-state index in [0.29, 0.717) is 33.5 Å². The van der Waals surface area contributed by atoms with Gasteiger partial charge >= 0.3 is 0 Å². The molecule has 6 rings (SSSR count). The first-order chi connectivity index (χ1) is 14.9. The number of anilines is 2. The molecule has 1 spiro atoms. The van der Waals surface area contributed by atoms with Crippen molar-refractivity contribution in [3.05, 3.63) is 57.6 Å². The second-order valence-corrected chi connectivity index (χ2v) is 9.63. The first-order valence-electron chi connectivity index (χ1n) is 10.4. The van der Waals surface area contributed by atoms with E-state index in [4.69, 9.17) is 23.2 Å². The Kier molecular flexibility index (Phi) is 3.93. The van der Waals surface area contributed by atoms with Gasteiger partial charge in [-0.05, 0) is 68.3 Å². The van der Waals surface area contributed by atoms with Gasteiger partial charge in [0.1, 0.15) is 5.54 Å². The Labute approximate surface area is 189 Å². The smallest absolute Gasteiger partial charge is 0.250 e. The van der Waals surface area contributed by atoms with Crippen LogP contribution in [0.4, 0.5) is 11.4 Å². The highest BCUT2D eigenvalue weighted by molar-refractivity contribution is 6.32. The van der Waals surface area contributed by atoms with E-state index in [9.17, 15) is 14.4 Å². The third-order valence-electron chi connectivity index (χ3n) is 7.35. The van der Waals surface area contributed by atoms with Crippen LogP contribution >= 0.6 is 23.2 Å². The van der Waals surface area contributed by atoms with Crippen molar-refractivity contribution < 1.29 is 14.4 Å². The fourth-order valence-corrected chi connectivity index (χ4v) is 6.68. The Morgan fingerprint density at radius 3 is 2.52 bits per heavy atom. The second kappa shape index (κ2) is 6.31. The third-order valence-corrected chi connectivity index (χ3v) is 7.82. The Hall–Kier alpha value is -2.41. The molecule has 4 atom stereocenters. The zero-order valence-corrected chi connectivity index (χ0v) is 18.2. The summed E-state index contributed by atoms with van der Waals surface area (Å²) in [6.07, 6.45) is 1.65. The molecule has 4 aliphatic rings. The van der Waals surface area contributed by atoms with E-state index in [1.807, 2.05) is 6.92 Å². The molecule has 1 N–H and O–H groups in total. The SMILES string of the molecule is Cc1cc(Cl)cc2c1NC(=O)[C@@]21[C@@H]2C(=O)N(c3ccc(Cl)cc3)C(=O)[C@@H]2[C@H]2CCCN21. The number of amides is 3. The number of aryl methyl sites for hydroxylation is 1. The molecule has 3 amide bonds. The number of hydrogen-bond donors (Lipinski definition) is 1. The van der Waals surface area contributed by atoms with E-state index in [1.54, 1.807) is 36.4 Å². The van der Waals surface area contributed by atoms with Crippen LogP contribution in [0.3, 0.4) is 0 Å². The average molecular weight is 456 g/mol. The molecule has 3 saturated heterocycles. The summed E-state index contributed by atoms with van der Waals surface area (Å²) in [5.41, 5.74) is 1.52. The molecule has 4 heterocycles. The fraction of sp³-hybridized carbons (Fsp3) is 0.348. The Morgan fingerprint density at radius 2 is 1.77 bits per heavy atom. The number of carbonyl (C=O) groups excluding carboxylic acids is 3. The molecule has 0 aromatic heterocycles. The van der Waals surface area contributed by atoms with Crippen LogP contribution in [0, 0.1) is 18.8 Å². The molecule has 0 unspecified atom stereocenters. The monoisotopic (exact) mass is 455 g/mol. The van der Waals surface area contributed by atoms with Crippen LogP contribution in [-0.4, -0.2) is 35.2 Å². The van der Waals surface area contributed by atoms with Crippen LogP contribution in [0.25, 0.3) is 0 Å². The number of carbonyl (C=O) groups is 3. The molecule has 158 valence electrons. The number of benzene rings is 2. The van der Waals surface area contributed by atoms with Gasteiger partial charge in [0.2, 0.25) is 17.7 Å². The molecule has 4 aliphatic heterocycles. The number of rotatable bonds is 1. The highest BCUT2D eigenvalue weighted by atomic mass is 35.5. The zero-order valence-electron chi connectivity index (χ0n) is 16.7. The molecule has 0 saturated carbocycles. The minimum Gasteiger partial charge on any atom is -0.324 e. The maximum absolute atomic E-state index is 13.8. The summed E-state index contributed by atoms with van der Waals surface area (Å²) in [6, 6.07) is 10.1. The molecular weight excluding hydrogens is 437 g/mol. The average Bonchev–Trinajstić information content (AvgIpc) is 3.42. The van der Waals surface area contributed by atoms with Crippen molar-refractivity contribution >= 4 is 52.3 Å². The first-order valence-corrected chi connectivity index (χ1v) is 11.1. The summed E-state index contributed by atoms with van der Waals surface area (Å²) in [7, 11) is 0. The zero-order chi connectivity index (χ0) is 21.7. The molecular formula is C23H19Cl2N3O3. The van der Waals surface area contributed by atoms with Crippen LogP contribution in [0.5, 0.6) is 0 Å². The summed E-state index contributed by atoms with van der Waals surface area (Å²) in [5, 5.41) is 4.05. The van der Waals surface area contributed by atoms with Gasteiger partial charge in [0, 0.05) is 27.3 Å². The molecule has 2 aromatic rings. The van der Waals surface area contributed by atoms with Crippen LogP contribution in [0.15, 0.2) is 36.4 Å². The van der Waals surface area contributed by atoms with Crippen molar-refractivity contribution in [3.63, 3.8) is 0 Å². The van der Waals surface area contributed by atoms with Crippen molar-refractivity contribution in [1.29, 1.82) is 0 Å². The summed E-state index contributed by atoms with van der Waals surface area (Å²) in [5.74, 6) is -2.19. The lowest BCUT2D eigenvalue weighted by Gasteiger charge is -2.36. The highest BCUT2D eigenvalue weighted by Gasteiger charge is 2.74. The van der Waals surface area contributed by atoms with Crippen LogP contribution in [0.2, 0.25) is 10.0 Å². The van der Waals surface area contributed by atoms with Gasteiger partial charge < -0.3 is 5.32 Å². The topological polar surface area (TPSA) is 69.7 Å². The predicted octanol–water partition coefficient (Wildman–Crippen LogP) is 3.73. The number of nitrogens with zero attached hydrogens (tertiary/aromatic N) is 2. The van der Waals surface area contributed by atoms with Gasteiger partial charge in [0.05, 0.1) is 17.5 Å². The standard InChI is InChI=1S/C23H19Cl2N3O3/c1-11-9-13(25)10-15-19(11)26-22(31)23(15)18-17(16-3-2-8-27(16)23)20(29)28(21(18)30)14-6-4-12(24)5-7-14/h4-7,9-10,16-18H,2-3,8H2,1H3,(H,26,31)/t16-,17-,18+,23+/m1/s1. The number of halogens is 2. The van der Waals surface area contributed by atoms with Crippen molar-refractivity contribution in [1.82, 2.24) is 4.90 Å². The summed E-state index contributed by atoms with van der Waals surface area (Å²) < 4.78 is 0. The Balaban J connectivity index is 1.57. The van der Waals surface area contributed by atoms with E-state index < -0.39 is 17.4 Å². The first kappa shape index (κ1) is 19.3. The number of imide groups is 1. The van der Waals surface area contributed by atoms with Crippen LogP contribution in [-0.2, 0) is 19.9 Å². The normalized spacial score (nSPS) is 31.4. The molecule has 0 aliphatic carbocycles. The number of nitrogens with one attached hydrogen (secondary N) is 1. The van der Waals surface area contributed by atoms with Crippen LogP contribution < -0.4 is 10.2 Å². The molecule has 6 nitrogen and oxygen atoms in total. The van der Waals surface area contributed by atoms with Crippen molar-refractivity contribution in [3.8, 4) is 0 Å². The maximum Gasteiger partial charge on any atom is 0.250 e. The van der Waals surface area contributed by atoms with E-state index >= 15 is 0 Å². The Morgan fingerprint density at radius 1 is 1.03 bits per heavy atom. The summed E-state index contributed by atoms with van der Waals surface area (Å²) >= 11 is 12.4. The van der Waals surface area contributed by atoms with Crippen molar-refractivity contribution in [2.45, 2.75) is 31.3 Å². The fourth-order valence-electron chi connectivity index (χ4n) is 6.28. The van der Waals surface area contributed by atoms with E-state index in [2.05, 4.69) is 10.2 Å². The molecule has 0 bridgehead atoms.